The van der Waals surface area contributed by atoms with E-state index in [-0.39, 0.29) is 18.4 Å². The maximum atomic E-state index is 12.1. The summed E-state index contributed by atoms with van der Waals surface area (Å²) in [4.78, 5) is 30.5. The Morgan fingerprint density at radius 3 is 2.76 bits per heavy atom. The SMILES string of the molecule is O=C1OC(c2cccc3c2OCO3)=N/C1=C/N1CCN(C(=O)O)CC1. The molecule has 130 valence electrons. The molecule has 0 atom stereocenters. The number of hydrogen-bond donors (Lipinski definition) is 1. The number of fused-ring (bicyclic) bond motifs is 1. The average molecular weight is 345 g/mol. The van der Waals surface area contributed by atoms with Crippen LogP contribution < -0.4 is 9.47 Å². The van der Waals surface area contributed by atoms with Crippen LogP contribution in [-0.4, -0.2) is 65.8 Å². The predicted molar refractivity (Wildman–Crippen MR) is 84.4 cm³/mol. The van der Waals surface area contributed by atoms with Gasteiger partial charge in [-0.05, 0) is 12.1 Å². The van der Waals surface area contributed by atoms with Crippen molar-refractivity contribution in [2.75, 3.05) is 33.0 Å². The molecule has 0 spiro atoms. The van der Waals surface area contributed by atoms with Crippen LogP contribution in [0.2, 0.25) is 0 Å². The van der Waals surface area contributed by atoms with E-state index < -0.39 is 12.1 Å². The molecule has 1 amide bonds. The maximum absolute atomic E-state index is 12.1. The third-order valence-corrected chi connectivity index (χ3v) is 4.14. The van der Waals surface area contributed by atoms with E-state index in [0.29, 0.717) is 43.2 Å². The number of nitrogens with zero attached hydrogens (tertiary/aromatic N) is 3. The van der Waals surface area contributed by atoms with E-state index in [0.717, 1.165) is 0 Å². The Morgan fingerprint density at radius 2 is 2.00 bits per heavy atom. The molecule has 4 rings (SSSR count). The number of esters is 1. The Hall–Kier alpha value is -3.23. The topological polar surface area (TPSA) is 101 Å². The van der Waals surface area contributed by atoms with E-state index in [9.17, 15) is 9.59 Å². The summed E-state index contributed by atoms with van der Waals surface area (Å²) in [6.45, 7) is 1.85. The normalized spacial score (nSPS) is 20.7. The lowest BCUT2D eigenvalue weighted by atomic mass is 10.2. The van der Waals surface area contributed by atoms with E-state index in [4.69, 9.17) is 19.3 Å². The van der Waals surface area contributed by atoms with Gasteiger partial charge in [-0.3, -0.25) is 0 Å². The zero-order chi connectivity index (χ0) is 17.4. The van der Waals surface area contributed by atoms with Crippen molar-refractivity contribution in [3.05, 3.63) is 35.7 Å². The predicted octanol–water partition coefficient (Wildman–Crippen LogP) is 0.856. The summed E-state index contributed by atoms with van der Waals surface area (Å²) in [7, 11) is 0. The number of ether oxygens (including phenoxy) is 3. The molecule has 3 heterocycles. The summed E-state index contributed by atoms with van der Waals surface area (Å²) in [6, 6.07) is 5.28. The van der Waals surface area contributed by atoms with Gasteiger partial charge in [0.25, 0.3) is 0 Å². The Balaban J connectivity index is 1.53. The Kier molecular flexibility index (Phi) is 3.68. The van der Waals surface area contributed by atoms with Crippen LogP contribution >= 0.6 is 0 Å². The molecular formula is C16H15N3O6. The summed E-state index contributed by atoms with van der Waals surface area (Å²) in [5.41, 5.74) is 0.734. The van der Waals surface area contributed by atoms with Crippen molar-refractivity contribution >= 4 is 18.0 Å². The molecule has 1 aromatic carbocycles. The number of carbonyl (C=O) groups is 2. The molecule has 9 nitrogen and oxygen atoms in total. The second-order valence-corrected chi connectivity index (χ2v) is 5.67. The molecule has 9 heteroatoms. The smallest absolute Gasteiger partial charge is 0.407 e. The molecule has 1 N–H and O–H groups in total. The van der Waals surface area contributed by atoms with Crippen LogP contribution in [0.1, 0.15) is 5.56 Å². The molecule has 3 aliphatic rings. The number of piperazine rings is 1. The monoisotopic (exact) mass is 345 g/mol. The largest absolute Gasteiger partial charge is 0.465 e. The molecule has 1 aromatic rings. The lowest BCUT2D eigenvalue weighted by molar-refractivity contribution is -0.130. The van der Waals surface area contributed by atoms with Crippen molar-refractivity contribution in [3.8, 4) is 11.5 Å². The molecule has 1 fully saturated rings. The number of hydrogen-bond acceptors (Lipinski definition) is 7. The molecule has 25 heavy (non-hydrogen) atoms. The molecule has 0 unspecified atom stereocenters. The summed E-state index contributed by atoms with van der Waals surface area (Å²) >= 11 is 0. The zero-order valence-electron chi connectivity index (χ0n) is 13.2. The fourth-order valence-corrected chi connectivity index (χ4v) is 2.83. The lowest BCUT2D eigenvalue weighted by Crippen LogP contribution is -2.46. The standard InChI is InChI=1S/C16H15N3O6/c20-15-11(8-18-4-6-19(7-5-18)16(21)22)17-14(25-15)10-2-1-3-12-13(10)24-9-23-12/h1-3,8H,4-7,9H2,(H,21,22)/b11-8+. The molecule has 0 aromatic heterocycles. The van der Waals surface area contributed by atoms with Gasteiger partial charge in [0.2, 0.25) is 12.7 Å². The number of amides is 1. The van der Waals surface area contributed by atoms with Crippen LogP contribution in [0.15, 0.2) is 35.1 Å². The van der Waals surface area contributed by atoms with Crippen LogP contribution in [0.25, 0.3) is 0 Å². The second-order valence-electron chi connectivity index (χ2n) is 5.67. The first kappa shape index (κ1) is 15.3. The van der Waals surface area contributed by atoms with Crippen molar-refractivity contribution in [2.45, 2.75) is 0 Å². The van der Waals surface area contributed by atoms with Crippen molar-refractivity contribution in [1.82, 2.24) is 9.80 Å². The molecule has 0 saturated carbocycles. The van der Waals surface area contributed by atoms with E-state index in [1.165, 1.54) is 4.90 Å². The van der Waals surface area contributed by atoms with Gasteiger partial charge in [-0.25, -0.2) is 14.6 Å². The highest BCUT2D eigenvalue weighted by atomic mass is 16.7. The van der Waals surface area contributed by atoms with Crippen LogP contribution in [0.4, 0.5) is 4.79 Å². The quantitative estimate of drug-likeness (QED) is 0.626. The fourth-order valence-electron chi connectivity index (χ4n) is 2.83. The number of aliphatic imine (C=N–C) groups is 1. The first-order chi connectivity index (χ1) is 12.1. The van der Waals surface area contributed by atoms with Gasteiger partial charge in [0.15, 0.2) is 17.2 Å². The summed E-state index contributed by atoms with van der Waals surface area (Å²) in [6.07, 6.45) is 0.669. The number of rotatable bonds is 2. The minimum atomic E-state index is -0.937. The molecule has 0 radical (unpaired) electrons. The van der Waals surface area contributed by atoms with Gasteiger partial charge >= 0.3 is 12.1 Å². The van der Waals surface area contributed by atoms with Gasteiger partial charge in [-0.15, -0.1) is 0 Å². The van der Waals surface area contributed by atoms with E-state index in [2.05, 4.69) is 4.99 Å². The molecule has 3 aliphatic heterocycles. The van der Waals surface area contributed by atoms with Crippen molar-refractivity contribution < 1.29 is 28.9 Å². The van der Waals surface area contributed by atoms with Crippen molar-refractivity contribution in [2.24, 2.45) is 4.99 Å². The number of carbonyl (C=O) groups excluding carboxylic acids is 1. The summed E-state index contributed by atoms with van der Waals surface area (Å²) in [5, 5.41) is 8.96. The van der Waals surface area contributed by atoms with Crippen LogP contribution in [0, 0.1) is 0 Å². The minimum absolute atomic E-state index is 0.115. The Labute approximate surface area is 142 Å². The van der Waals surface area contributed by atoms with Gasteiger partial charge in [-0.2, -0.15) is 0 Å². The van der Waals surface area contributed by atoms with Crippen molar-refractivity contribution in [1.29, 1.82) is 0 Å². The van der Waals surface area contributed by atoms with Crippen molar-refractivity contribution in [3.63, 3.8) is 0 Å². The Morgan fingerprint density at radius 1 is 1.20 bits per heavy atom. The third kappa shape index (κ3) is 2.84. The second kappa shape index (κ2) is 6.00. The van der Waals surface area contributed by atoms with Crippen LogP contribution in [0.5, 0.6) is 11.5 Å². The molecule has 0 bridgehead atoms. The lowest BCUT2D eigenvalue weighted by Gasteiger charge is -2.32. The summed E-state index contributed by atoms with van der Waals surface area (Å²) < 4.78 is 16.0. The zero-order valence-corrected chi connectivity index (χ0v) is 13.2. The number of para-hydroxylation sites is 1. The number of benzene rings is 1. The Bertz CT molecular complexity index is 795. The van der Waals surface area contributed by atoms with Gasteiger partial charge in [0.1, 0.15) is 0 Å². The van der Waals surface area contributed by atoms with Gasteiger partial charge < -0.3 is 29.1 Å². The molecular weight excluding hydrogens is 330 g/mol. The van der Waals surface area contributed by atoms with E-state index in [1.54, 1.807) is 24.4 Å². The van der Waals surface area contributed by atoms with Gasteiger partial charge in [-0.1, -0.05) is 6.07 Å². The highest BCUT2D eigenvalue weighted by molar-refractivity contribution is 6.12. The third-order valence-electron chi connectivity index (χ3n) is 4.14. The average Bonchev–Trinajstić information content (AvgIpc) is 3.22. The van der Waals surface area contributed by atoms with E-state index in [1.807, 2.05) is 4.90 Å². The molecule has 1 saturated heterocycles. The fraction of sp³-hybridized carbons (Fsp3) is 0.312. The highest BCUT2D eigenvalue weighted by Crippen LogP contribution is 2.37. The summed E-state index contributed by atoms with van der Waals surface area (Å²) in [5.74, 6) is 0.707. The first-order valence-electron chi connectivity index (χ1n) is 7.75. The van der Waals surface area contributed by atoms with Crippen LogP contribution in [-0.2, 0) is 9.53 Å². The van der Waals surface area contributed by atoms with Gasteiger partial charge in [0, 0.05) is 32.4 Å². The number of cyclic esters (lactones) is 1. The van der Waals surface area contributed by atoms with Gasteiger partial charge in [0.05, 0.1) is 5.56 Å². The minimum Gasteiger partial charge on any atom is -0.465 e. The highest BCUT2D eigenvalue weighted by Gasteiger charge is 2.30. The number of carboxylic acid groups (broad SMARTS) is 1. The first-order valence-corrected chi connectivity index (χ1v) is 7.75. The maximum Gasteiger partial charge on any atom is 0.407 e. The van der Waals surface area contributed by atoms with E-state index >= 15 is 0 Å². The molecule has 0 aliphatic carbocycles. The van der Waals surface area contributed by atoms with Crippen LogP contribution in [0.3, 0.4) is 0 Å².